The van der Waals surface area contributed by atoms with Crippen LogP contribution in [-0.2, 0) is 9.88 Å². The van der Waals surface area contributed by atoms with E-state index in [4.69, 9.17) is 4.99 Å². The van der Waals surface area contributed by atoms with E-state index in [1.165, 1.54) is 16.8 Å². The van der Waals surface area contributed by atoms with E-state index >= 15 is 0 Å². The predicted octanol–water partition coefficient (Wildman–Crippen LogP) is 3.06. The summed E-state index contributed by atoms with van der Waals surface area (Å²) >= 11 is 4.56. The molecule has 4 nitrogen and oxygen atoms in total. The Hall–Kier alpha value is -1.17. The average molecular weight is 294 g/mol. The molecule has 0 N–H and O–H groups in total. The van der Waals surface area contributed by atoms with Crippen LogP contribution in [0.3, 0.4) is 0 Å². The van der Waals surface area contributed by atoms with Gasteiger partial charge in [0, 0.05) is 31.9 Å². The van der Waals surface area contributed by atoms with E-state index in [2.05, 4.69) is 61.0 Å². The maximum Gasteiger partial charge on any atom is 0.194 e. The van der Waals surface area contributed by atoms with E-state index in [1.807, 2.05) is 0 Å². The molecule has 1 aromatic carbocycles. The molecular formula is C15H22N2O2S. The second kappa shape index (κ2) is 7.02. The molecule has 0 aliphatic carbocycles. The van der Waals surface area contributed by atoms with Crippen molar-refractivity contribution in [3.63, 3.8) is 0 Å². The molecule has 1 saturated heterocycles. The number of anilines is 1. The molecule has 0 spiro atoms. The van der Waals surface area contributed by atoms with Crippen LogP contribution in [0.5, 0.6) is 0 Å². The van der Waals surface area contributed by atoms with Crippen LogP contribution in [-0.4, -0.2) is 36.8 Å². The summed E-state index contributed by atoms with van der Waals surface area (Å²) in [4.78, 5) is 12.1. The van der Waals surface area contributed by atoms with Crippen molar-refractivity contribution in [2.75, 3.05) is 31.1 Å². The molecule has 1 fully saturated rings. The lowest BCUT2D eigenvalue weighted by molar-refractivity contribution is -0.375. The van der Waals surface area contributed by atoms with Gasteiger partial charge in [-0.1, -0.05) is 24.9 Å². The fraction of sp³-hybridized carbons (Fsp3) is 0.533. The Labute approximate surface area is 126 Å². The van der Waals surface area contributed by atoms with Gasteiger partial charge in [-0.15, -0.1) is 5.06 Å². The van der Waals surface area contributed by atoms with Crippen molar-refractivity contribution in [1.29, 1.82) is 0 Å². The Bertz CT molecular complexity index is 457. The molecule has 0 saturated carbocycles. The molecule has 0 radical (unpaired) electrons. The van der Waals surface area contributed by atoms with Gasteiger partial charge >= 0.3 is 0 Å². The largest absolute Gasteiger partial charge is 0.369 e. The van der Waals surface area contributed by atoms with Gasteiger partial charge in [-0.05, 0) is 48.3 Å². The van der Waals surface area contributed by atoms with Crippen LogP contribution in [0.2, 0.25) is 0 Å². The number of hydrogen-bond acceptors (Lipinski definition) is 5. The average Bonchev–Trinajstić information content (AvgIpc) is 2.45. The quantitative estimate of drug-likeness (QED) is 0.472. The predicted molar refractivity (Wildman–Crippen MR) is 84.9 cm³/mol. The lowest BCUT2D eigenvalue weighted by Crippen LogP contribution is -2.46. The first-order valence-corrected chi connectivity index (χ1v) is 7.46. The van der Waals surface area contributed by atoms with Gasteiger partial charge in [0.05, 0.1) is 0 Å². The zero-order valence-corrected chi connectivity index (χ0v) is 13.2. The smallest absolute Gasteiger partial charge is 0.194 e. The first-order valence-electron chi connectivity index (χ1n) is 6.99. The summed E-state index contributed by atoms with van der Waals surface area (Å²) in [5.74, 6) is 0.570. The van der Waals surface area contributed by atoms with Gasteiger partial charge in [0.1, 0.15) is 0 Å². The number of thiocarbonyl (C=S) groups is 1. The van der Waals surface area contributed by atoms with Crippen molar-refractivity contribution >= 4 is 23.5 Å². The van der Waals surface area contributed by atoms with Gasteiger partial charge in [-0.25, -0.2) is 0 Å². The lowest BCUT2D eigenvalue weighted by Gasteiger charge is -2.34. The fourth-order valence-electron chi connectivity index (χ4n) is 2.60. The highest BCUT2D eigenvalue weighted by Crippen LogP contribution is 2.25. The number of nitrogens with zero attached hydrogens (tertiary/aromatic N) is 2. The molecular weight excluding hydrogens is 272 g/mol. The van der Waals surface area contributed by atoms with Gasteiger partial charge < -0.3 is 9.79 Å². The fourth-order valence-corrected chi connectivity index (χ4v) is 2.64. The molecule has 0 bridgehead atoms. The number of rotatable bonds is 5. The minimum Gasteiger partial charge on any atom is -0.369 e. The third-order valence-electron chi connectivity index (χ3n) is 3.67. The summed E-state index contributed by atoms with van der Waals surface area (Å²) in [6.07, 6.45) is 0. The number of aryl methyl sites for hydroxylation is 1. The lowest BCUT2D eigenvalue weighted by atomic mass is 9.97. The van der Waals surface area contributed by atoms with Crippen molar-refractivity contribution < 1.29 is 9.88 Å². The number of benzene rings is 1. The number of hydrogen-bond donors (Lipinski definition) is 0. The first kappa shape index (κ1) is 15.2. The summed E-state index contributed by atoms with van der Waals surface area (Å²) in [6, 6.07) is 6.74. The maximum atomic E-state index is 5.04. The minimum atomic E-state index is 0.570. The third kappa shape index (κ3) is 3.69. The van der Waals surface area contributed by atoms with Crippen molar-refractivity contribution in [3.8, 4) is 0 Å². The highest BCUT2D eigenvalue weighted by atomic mass is 32.1. The molecule has 0 aromatic heterocycles. The minimum absolute atomic E-state index is 0.570. The Balaban J connectivity index is 1.97. The monoisotopic (exact) mass is 294 g/mol. The van der Waals surface area contributed by atoms with Gasteiger partial charge in [0.15, 0.2) is 5.55 Å². The van der Waals surface area contributed by atoms with Gasteiger partial charge in [-0.2, -0.15) is 0 Å². The zero-order valence-electron chi connectivity index (χ0n) is 12.3. The Morgan fingerprint density at radius 2 is 1.90 bits per heavy atom. The Kier molecular flexibility index (Phi) is 5.34. The van der Waals surface area contributed by atoms with E-state index in [0.29, 0.717) is 5.92 Å². The SMILES string of the molecule is Cc1cc(N2CCN(OOC=S)CC2)ccc1C(C)C. The number of hydroxylamine groups is 2. The molecule has 110 valence electrons. The van der Waals surface area contributed by atoms with Crippen LogP contribution in [0.25, 0.3) is 0 Å². The molecule has 0 atom stereocenters. The van der Waals surface area contributed by atoms with E-state index in [-0.39, 0.29) is 0 Å². The Morgan fingerprint density at radius 3 is 2.45 bits per heavy atom. The van der Waals surface area contributed by atoms with Crippen LogP contribution >= 0.6 is 12.2 Å². The second-order valence-corrected chi connectivity index (χ2v) is 5.57. The van der Waals surface area contributed by atoms with Crippen LogP contribution in [0.15, 0.2) is 18.2 Å². The standard InChI is InChI=1S/C15H22N2O2S/c1-12(2)15-5-4-14(10-13(15)3)16-6-8-17(9-7-16)19-18-11-20/h4-5,10-12H,6-9H2,1-3H3. The molecule has 2 rings (SSSR count). The molecule has 1 aromatic rings. The molecule has 20 heavy (non-hydrogen) atoms. The van der Waals surface area contributed by atoms with E-state index < -0.39 is 0 Å². The second-order valence-electron chi connectivity index (χ2n) is 5.38. The summed E-state index contributed by atoms with van der Waals surface area (Å²) in [5, 5.41) is 1.79. The summed E-state index contributed by atoms with van der Waals surface area (Å²) in [7, 11) is 0. The normalized spacial score (nSPS) is 16.5. The van der Waals surface area contributed by atoms with Crippen LogP contribution in [0.4, 0.5) is 5.69 Å². The Morgan fingerprint density at radius 1 is 1.20 bits per heavy atom. The van der Waals surface area contributed by atoms with Gasteiger partial charge in [0.2, 0.25) is 0 Å². The molecule has 0 unspecified atom stereocenters. The topological polar surface area (TPSA) is 24.9 Å². The van der Waals surface area contributed by atoms with Crippen molar-refractivity contribution in [3.05, 3.63) is 29.3 Å². The molecule has 1 heterocycles. The van der Waals surface area contributed by atoms with E-state index in [0.717, 1.165) is 31.7 Å². The number of piperazine rings is 1. The summed E-state index contributed by atoms with van der Waals surface area (Å²) in [6.45, 7) is 10.1. The maximum absolute atomic E-state index is 5.04. The summed E-state index contributed by atoms with van der Waals surface area (Å²) in [5.41, 5.74) is 5.19. The van der Waals surface area contributed by atoms with Crippen LogP contribution < -0.4 is 4.90 Å². The van der Waals surface area contributed by atoms with E-state index in [1.54, 1.807) is 5.06 Å². The molecule has 1 aliphatic heterocycles. The van der Waals surface area contributed by atoms with Crippen molar-refractivity contribution in [2.45, 2.75) is 26.7 Å². The highest BCUT2D eigenvalue weighted by Gasteiger charge is 2.19. The molecule has 1 aliphatic rings. The van der Waals surface area contributed by atoms with Crippen LogP contribution in [0.1, 0.15) is 30.9 Å². The highest BCUT2D eigenvalue weighted by molar-refractivity contribution is 7.78. The van der Waals surface area contributed by atoms with E-state index in [9.17, 15) is 0 Å². The van der Waals surface area contributed by atoms with Gasteiger partial charge in [0.25, 0.3) is 0 Å². The van der Waals surface area contributed by atoms with Crippen LogP contribution in [0, 0.1) is 6.92 Å². The summed E-state index contributed by atoms with van der Waals surface area (Å²) < 4.78 is 0. The molecule has 0 amide bonds. The van der Waals surface area contributed by atoms with Gasteiger partial charge in [-0.3, -0.25) is 0 Å². The first-order chi connectivity index (χ1) is 9.61. The molecule has 5 heteroatoms. The third-order valence-corrected chi connectivity index (χ3v) is 3.75. The van der Waals surface area contributed by atoms with Crippen molar-refractivity contribution in [1.82, 2.24) is 5.06 Å². The van der Waals surface area contributed by atoms with Crippen molar-refractivity contribution in [2.24, 2.45) is 0 Å². The zero-order chi connectivity index (χ0) is 14.5.